The number of carbonyl (C=O) groups is 1. The van der Waals surface area contributed by atoms with Gasteiger partial charge in [0.25, 0.3) is 0 Å². The van der Waals surface area contributed by atoms with Crippen molar-refractivity contribution in [1.82, 2.24) is 19.2 Å². The SMILES string of the molecule is CC(C)(C)OC(=O)N1CCCC(c2ccc3ncnc(Nc4ccc5cnsc5c4F)c3c2)C1. The van der Waals surface area contributed by atoms with E-state index in [0.29, 0.717) is 29.3 Å². The lowest BCUT2D eigenvalue weighted by Gasteiger charge is -2.34. The van der Waals surface area contributed by atoms with Crippen molar-refractivity contribution in [2.45, 2.75) is 45.1 Å². The Bertz CT molecular complexity index is 1370. The van der Waals surface area contributed by atoms with Gasteiger partial charge >= 0.3 is 6.09 Å². The van der Waals surface area contributed by atoms with Crippen LogP contribution in [0.5, 0.6) is 0 Å². The first-order chi connectivity index (χ1) is 16.3. The number of hydrogen-bond donors (Lipinski definition) is 1. The number of nitrogens with zero attached hydrogens (tertiary/aromatic N) is 4. The van der Waals surface area contributed by atoms with Crippen LogP contribution in [0.25, 0.3) is 21.0 Å². The van der Waals surface area contributed by atoms with Crippen molar-refractivity contribution in [2.75, 3.05) is 18.4 Å². The van der Waals surface area contributed by atoms with E-state index in [1.54, 1.807) is 17.2 Å². The summed E-state index contributed by atoms with van der Waals surface area (Å²) in [6.45, 7) is 6.90. The van der Waals surface area contributed by atoms with E-state index >= 15 is 4.39 Å². The maximum absolute atomic E-state index is 15.0. The van der Waals surface area contributed by atoms with Crippen LogP contribution in [-0.4, -0.2) is 44.0 Å². The highest BCUT2D eigenvalue weighted by atomic mass is 32.1. The molecule has 1 atom stereocenters. The molecule has 0 spiro atoms. The molecule has 3 heterocycles. The van der Waals surface area contributed by atoms with Crippen LogP contribution in [0.15, 0.2) is 42.9 Å². The van der Waals surface area contributed by atoms with Crippen LogP contribution in [0.3, 0.4) is 0 Å². The fourth-order valence-corrected chi connectivity index (χ4v) is 4.98. The minimum Gasteiger partial charge on any atom is -0.444 e. The number of piperidine rings is 1. The first kappa shape index (κ1) is 22.5. The number of amides is 1. The van der Waals surface area contributed by atoms with Crippen LogP contribution in [0.2, 0.25) is 0 Å². The van der Waals surface area contributed by atoms with E-state index in [1.807, 2.05) is 45.0 Å². The minimum absolute atomic E-state index is 0.170. The Morgan fingerprint density at radius 2 is 2.09 bits per heavy atom. The van der Waals surface area contributed by atoms with E-state index in [9.17, 15) is 4.79 Å². The van der Waals surface area contributed by atoms with Crippen molar-refractivity contribution in [1.29, 1.82) is 0 Å². The van der Waals surface area contributed by atoms with Gasteiger partial charge < -0.3 is 15.0 Å². The lowest BCUT2D eigenvalue weighted by molar-refractivity contribution is 0.0198. The summed E-state index contributed by atoms with van der Waals surface area (Å²) < 4.78 is 25.2. The average molecular weight is 480 g/mol. The Hall–Kier alpha value is -3.33. The summed E-state index contributed by atoms with van der Waals surface area (Å²) in [5.74, 6) is 0.363. The first-order valence-corrected chi connectivity index (χ1v) is 12.1. The zero-order chi connectivity index (χ0) is 23.9. The molecule has 1 N–H and O–H groups in total. The van der Waals surface area contributed by atoms with Crippen LogP contribution in [-0.2, 0) is 4.74 Å². The molecule has 1 fully saturated rings. The first-order valence-electron chi connectivity index (χ1n) is 11.3. The zero-order valence-electron chi connectivity index (χ0n) is 19.3. The van der Waals surface area contributed by atoms with Crippen LogP contribution in [0.4, 0.5) is 20.7 Å². The second kappa shape index (κ2) is 8.79. The minimum atomic E-state index is -0.525. The number of likely N-dealkylation sites (tertiary alicyclic amines) is 1. The summed E-state index contributed by atoms with van der Waals surface area (Å²) in [7, 11) is 0. The van der Waals surface area contributed by atoms with Crippen molar-refractivity contribution in [2.24, 2.45) is 0 Å². The van der Waals surface area contributed by atoms with E-state index in [-0.39, 0.29) is 17.8 Å². The molecule has 0 radical (unpaired) electrons. The average Bonchev–Trinajstić information content (AvgIpc) is 3.29. The number of aromatic nitrogens is 3. The maximum Gasteiger partial charge on any atom is 0.410 e. The molecular weight excluding hydrogens is 453 g/mol. The Balaban J connectivity index is 1.43. The quantitative estimate of drug-likeness (QED) is 0.375. The number of hydrogen-bond acceptors (Lipinski definition) is 7. The van der Waals surface area contributed by atoms with Gasteiger partial charge in [0.15, 0.2) is 5.82 Å². The fraction of sp³-hybridized carbons (Fsp3) is 0.360. The van der Waals surface area contributed by atoms with Gasteiger partial charge in [0, 0.05) is 36.0 Å². The van der Waals surface area contributed by atoms with Gasteiger partial charge in [-0.15, -0.1) is 0 Å². The van der Waals surface area contributed by atoms with Crippen molar-refractivity contribution < 1.29 is 13.9 Å². The Kier molecular flexibility index (Phi) is 5.81. The summed E-state index contributed by atoms with van der Waals surface area (Å²) in [4.78, 5) is 23.2. The molecule has 0 aliphatic carbocycles. The molecule has 0 bridgehead atoms. The predicted octanol–water partition coefficient (Wildman–Crippen LogP) is 6.24. The van der Waals surface area contributed by atoms with Crippen LogP contribution >= 0.6 is 11.5 Å². The summed E-state index contributed by atoms with van der Waals surface area (Å²) >= 11 is 1.13. The van der Waals surface area contributed by atoms with Crippen molar-refractivity contribution in [3.8, 4) is 0 Å². The van der Waals surface area contributed by atoms with E-state index in [1.165, 1.54) is 6.33 Å². The van der Waals surface area contributed by atoms with Gasteiger partial charge in [-0.3, -0.25) is 0 Å². The van der Waals surface area contributed by atoms with Gasteiger partial charge in [0.05, 0.1) is 15.9 Å². The molecule has 1 saturated heterocycles. The van der Waals surface area contributed by atoms with Gasteiger partial charge in [0.1, 0.15) is 17.7 Å². The molecule has 4 aromatic rings. The summed E-state index contributed by atoms with van der Waals surface area (Å²) in [6, 6.07) is 9.58. The van der Waals surface area contributed by atoms with Crippen LogP contribution in [0.1, 0.15) is 45.1 Å². The smallest absolute Gasteiger partial charge is 0.410 e. The van der Waals surface area contributed by atoms with E-state index in [0.717, 1.165) is 46.2 Å². The lowest BCUT2D eigenvalue weighted by atomic mass is 9.90. The third-order valence-electron chi connectivity index (χ3n) is 5.92. The van der Waals surface area contributed by atoms with E-state index in [2.05, 4.69) is 19.7 Å². The number of fused-ring (bicyclic) bond motifs is 2. The summed E-state index contributed by atoms with van der Waals surface area (Å²) in [6.07, 6.45) is 4.72. The Labute approximate surface area is 201 Å². The summed E-state index contributed by atoms with van der Waals surface area (Å²) in [5, 5.41) is 4.73. The summed E-state index contributed by atoms with van der Waals surface area (Å²) in [5.41, 5.74) is 1.68. The van der Waals surface area contributed by atoms with E-state index in [4.69, 9.17) is 4.74 Å². The molecule has 34 heavy (non-hydrogen) atoms. The zero-order valence-corrected chi connectivity index (χ0v) is 20.2. The highest BCUT2D eigenvalue weighted by Crippen LogP contribution is 2.34. The largest absolute Gasteiger partial charge is 0.444 e. The van der Waals surface area contributed by atoms with E-state index < -0.39 is 5.60 Å². The van der Waals surface area contributed by atoms with Crippen molar-refractivity contribution in [3.63, 3.8) is 0 Å². The Morgan fingerprint density at radius 1 is 1.24 bits per heavy atom. The number of rotatable bonds is 3. The molecular formula is C25H26FN5O2S. The number of nitrogens with one attached hydrogen (secondary N) is 1. The third kappa shape index (κ3) is 4.52. The number of carbonyl (C=O) groups excluding carboxylic acids is 1. The lowest BCUT2D eigenvalue weighted by Crippen LogP contribution is -2.42. The number of halogens is 1. The predicted molar refractivity (Wildman–Crippen MR) is 132 cm³/mol. The molecule has 1 aliphatic rings. The second-order valence-corrected chi connectivity index (χ2v) is 10.4. The Morgan fingerprint density at radius 3 is 2.91 bits per heavy atom. The maximum atomic E-state index is 15.0. The molecule has 2 aromatic heterocycles. The molecule has 9 heteroatoms. The normalized spacial score (nSPS) is 16.7. The fourth-order valence-electron chi connectivity index (χ4n) is 4.29. The van der Waals surface area contributed by atoms with Gasteiger partial charge in [-0.1, -0.05) is 6.07 Å². The van der Waals surface area contributed by atoms with Crippen LogP contribution < -0.4 is 5.32 Å². The van der Waals surface area contributed by atoms with Gasteiger partial charge in [-0.25, -0.2) is 19.2 Å². The highest BCUT2D eigenvalue weighted by Gasteiger charge is 2.28. The van der Waals surface area contributed by atoms with Gasteiger partial charge in [-0.2, -0.15) is 4.37 Å². The number of ether oxygens (including phenoxy) is 1. The molecule has 1 unspecified atom stereocenters. The molecule has 1 amide bonds. The molecule has 176 valence electrons. The number of benzene rings is 2. The van der Waals surface area contributed by atoms with Crippen molar-refractivity contribution >= 4 is 50.1 Å². The van der Waals surface area contributed by atoms with Crippen molar-refractivity contribution in [3.05, 3.63) is 54.2 Å². The van der Waals surface area contributed by atoms with Crippen LogP contribution in [0, 0.1) is 5.82 Å². The molecule has 0 saturated carbocycles. The molecule has 7 nitrogen and oxygen atoms in total. The topological polar surface area (TPSA) is 80.2 Å². The molecule has 2 aromatic carbocycles. The standard InChI is InChI=1S/C25H26FN5O2S/c1-25(2,3)33-24(32)31-10-4-5-17(13-31)15-6-8-19-18(11-15)23(28-14-27-19)30-20-9-7-16-12-29-34-22(16)21(20)26/h6-9,11-12,14,17H,4-5,10,13H2,1-3H3,(H,27,28,30). The third-order valence-corrected chi connectivity index (χ3v) is 6.73. The number of anilines is 2. The molecule has 5 rings (SSSR count). The highest BCUT2D eigenvalue weighted by molar-refractivity contribution is 7.13. The second-order valence-electron chi connectivity index (χ2n) is 9.56. The van der Waals surface area contributed by atoms with Gasteiger partial charge in [-0.05, 0) is 75.0 Å². The monoisotopic (exact) mass is 479 g/mol. The van der Waals surface area contributed by atoms with Gasteiger partial charge in [0.2, 0.25) is 0 Å². The molecule has 1 aliphatic heterocycles.